The van der Waals surface area contributed by atoms with Crippen LogP contribution >= 0.6 is 0 Å². The molecule has 2 fully saturated rings. The van der Waals surface area contributed by atoms with Crippen molar-refractivity contribution >= 4 is 5.91 Å². The summed E-state index contributed by atoms with van der Waals surface area (Å²) in [5, 5.41) is 4.38. The van der Waals surface area contributed by atoms with Gasteiger partial charge in [-0.3, -0.25) is 4.79 Å². The van der Waals surface area contributed by atoms with Gasteiger partial charge in [0.2, 0.25) is 11.8 Å². The van der Waals surface area contributed by atoms with Gasteiger partial charge in [0.1, 0.15) is 6.10 Å². The Bertz CT molecular complexity index is 1590. The van der Waals surface area contributed by atoms with E-state index in [2.05, 4.69) is 20.1 Å². The van der Waals surface area contributed by atoms with Crippen molar-refractivity contribution in [2.24, 2.45) is 17.6 Å². The lowest BCUT2D eigenvalue weighted by molar-refractivity contribution is 0.0751. The van der Waals surface area contributed by atoms with E-state index in [-0.39, 0.29) is 41.0 Å². The quantitative estimate of drug-likeness (QED) is 0.364. The normalized spacial score (nSPS) is 20.0. The second kappa shape index (κ2) is 9.40. The highest BCUT2D eigenvalue weighted by atomic mass is 19.2. The monoisotopic (exact) mass is 549 g/mol. The van der Waals surface area contributed by atoms with E-state index in [9.17, 15) is 18.0 Å². The van der Waals surface area contributed by atoms with Crippen molar-refractivity contribution in [1.29, 1.82) is 0 Å². The number of halogens is 3. The van der Waals surface area contributed by atoms with Gasteiger partial charge in [-0.05, 0) is 50.6 Å². The first-order valence-electron chi connectivity index (χ1n) is 12.8. The third kappa shape index (κ3) is 4.68. The molecule has 2 aliphatic rings. The number of amides is 1. The number of likely N-dealkylation sites (tertiary alicyclic amines) is 1. The van der Waals surface area contributed by atoms with Gasteiger partial charge >= 0.3 is 0 Å². The molecule has 0 radical (unpaired) electrons. The van der Waals surface area contributed by atoms with Gasteiger partial charge < -0.3 is 15.4 Å². The van der Waals surface area contributed by atoms with Crippen LogP contribution in [-0.2, 0) is 5.54 Å². The molecule has 206 valence electrons. The van der Waals surface area contributed by atoms with Crippen molar-refractivity contribution in [1.82, 2.24) is 29.6 Å². The number of fused-ring (bicyclic) bond motifs is 1. The summed E-state index contributed by atoms with van der Waals surface area (Å²) in [5.74, 6) is -3.45. The number of benzene rings is 1. The standard InChI is InChI=1S/C28H26F3N7O2/c1-14-17(13-38(36-14)27-33-5-4-6-34-27)26(39)37-11-18-19(12-37)25(18)40-23-10-16(28(2,3)32)9-22(35-23)15-7-20(29)24(31)21(30)8-15/h4-10,13,18-19,25H,11-12,32H2,1-3H3. The Hall–Kier alpha value is -4.32. The fourth-order valence-corrected chi connectivity index (χ4v) is 5.09. The number of hydrogen-bond acceptors (Lipinski definition) is 7. The Labute approximate surface area is 227 Å². The Morgan fingerprint density at radius 1 is 1.05 bits per heavy atom. The van der Waals surface area contributed by atoms with Gasteiger partial charge in [0.15, 0.2) is 17.5 Å². The van der Waals surface area contributed by atoms with E-state index in [0.717, 1.165) is 12.1 Å². The molecule has 4 aromatic rings. The van der Waals surface area contributed by atoms with E-state index in [1.165, 1.54) is 4.68 Å². The van der Waals surface area contributed by atoms with Crippen LogP contribution in [0.15, 0.2) is 48.9 Å². The van der Waals surface area contributed by atoms with Gasteiger partial charge in [-0.15, -0.1) is 0 Å². The minimum Gasteiger partial charge on any atom is -0.474 e. The molecule has 1 amide bonds. The molecule has 3 aromatic heterocycles. The summed E-state index contributed by atoms with van der Waals surface area (Å²) in [4.78, 5) is 27.8. The molecule has 0 bridgehead atoms. The summed E-state index contributed by atoms with van der Waals surface area (Å²) < 4.78 is 49.1. The predicted molar refractivity (Wildman–Crippen MR) is 138 cm³/mol. The lowest BCUT2D eigenvalue weighted by Gasteiger charge is -2.22. The molecular weight excluding hydrogens is 523 g/mol. The van der Waals surface area contributed by atoms with E-state index in [4.69, 9.17) is 10.5 Å². The first kappa shape index (κ1) is 25.9. The van der Waals surface area contributed by atoms with E-state index in [1.54, 1.807) is 62.5 Å². The van der Waals surface area contributed by atoms with Crippen LogP contribution in [0.4, 0.5) is 13.2 Å². The lowest BCUT2D eigenvalue weighted by Crippen LogP contribution is -2.33. The van der Waals surface area contributed by atoms with E-state index in [1.807, 2.05) is 0 Å². The number of aromatic nitrogens is 5. The van der Waals surface area contributed by atoms with Gasteiger partial charge in [0.25, 0.3) is 5.91 Å². The second-order valence-electron chi connectivity index (χ2n) is 10.8. The number of pyridine rings is 1. The summed E-state index contributed by atoms with van der Waals surface area (Å²) in [6, 6.07) is 6.78. The summed E-state index contributed by atoms with van der Waals surface area (Å²) >= 11 is 0. The van der Waals surface area contributed by atoms with Crippen LogP contribution in [0.25, 0.3) is 17.2 Å². The van der Waals surface area contributed by atoms with Gasteiger partial charge in [-0.1, -0.05) is 0 Å². The number of carbonyl (C=O) groups excluding carboxylic acids is 1. The molecule has 12 heteroatoms. The van der Waals surface area contributed by atoms with Crippen molar-refractivity contribution in [3.05, 3.63) is 83.2 Å². The minimum atomic E-state index is -1.55. The molecule has 2 unspecified atom stereocenters. The van der Waals surface area contributed by atoms with Crippen LogP contribution in [0, 0.1) is 36.2 Å². The Balaban J connectivity index is 1.18. The summed E-state index contributed by atoms with van der Waals surface area (Å²) in [7, 11) is 0. The molecule has 1 aliphatic carbocycles. The molecule has 6 rings (SSSR count). The van der Waals surface area contributed by atoms with Crippen LogP contribution in [-0.4, -0.2) is 54.7 Å². The third-order valence-corrected chi connectivity index (χ3v) is 7.37. The average molecular weight is 550 g/mol. The van der Waals surface area contributed by atoms with Crippen LogP contribution < -0.4 is 10.5 Å². The molecule has 1 saturated heterocycles. The minimum absolute atomic E-state index is 0.0666. The van der Waals surface area contributed by atoms with Gasteiger partial charge in [0.05, 0.1) is 17.0 Å². The average Bonchev–Trinajstić information content (AvgIpc) is 3.23. The Morgan fingerprint density at radius 3 is 2.33 bits per heavy atom. The van der Waals surface area contributed by atoms with Crippen LogP contribution in [0.2, 0.25) is 0 Å². The summed E-state index contributed by atoms with van der Waals surface area (Å²) in [6.45, 7) is 6.34. The largest absolute Gasteiger partial charge is 0.474 e. The fraction of sp³-hybridized carbons (Fsp3) is 0.321. The molecule has 1 saturated carbocycles. The number of hydrogen-bond donors (Lipinski definition) is 1. The molecule has 2 N–H and O–H groups in total. The number of nitrogens with two attached hydrogens (primary N) is 1. The van der Waals surface area contributed by atoms with Crippen LogP contribution in [0.1, 0.15) is 35.5 Å². The Kier molecular flexibility index (Phi) is 6.10. The van der Waals surface area contributed by atoms with Crippen molar-refractivity contribution < 1.29 is 22.7 Å². The maximum Gasteiger partial charge on any atom is 0.257 e. The van der Waals surface area contributed by atoms with Crippen LogP contribution in [0.5, 0.6) is 5.88 Å². The fourth-order valence-electron chi connectivity index (χ4n) is 5.09. The second-order valence-corrected chi connectivity index (χ2v) is 10.8. The highest BCUT2D eigenvalue weighted by Gasteiger charge is 2.59. The molecule has 1 aromatic carbocycles. The number of carbonyl (C=O) groups is 1. The predicted octanol–water partition coefficient (Wildman–Crippen LogP) is 3.79. The summed E-state index contributed by atoms with van der Waals surface area (Å²) in [6.07, 6.45) is 4.67. The summed E-state index contributed by atoms with van der Waals surface area (Å²) in [5.41, 5.74) is 7.47. The molecule has 1 aliphatic heterocycles. The molecule has 4 heterocycles. The van der Waals surface area contributed by atoms with Crippen molar-refractivity contribution in [2.45, 2.75) is 32.4 Å². The molecule has 0 spiro atoms. The highest BCUT2D eigenvalue weighted by molar-refractivity contribution is 5.95. The van der Waals surface area contributed by atoms with Gasteiger partial charge in [0, 0.05) is 60.7 Å². The first-order chi connectivity index (χ1) is 19.0. The number of nitrogens with zero attached hydrogens (tertiary/aromatic N) is 6. The Morgan fingerprint density at radius 2 is 1.70 bits per heavy atom. The topological polar surface area (TPSA) is 112 Å². The first-order valence-corrected chi connectivity index (χ1v) is 12.8. The van der Waals surface area contributed by atoms with E-state index < -0.39 is 23.0 Å². The zero-order valence-electron chi connectivity index (χ0n) is 22.0. The highest BCUT2D eigenvalue weighted by Crippen LogP contribution is 2.48. The van der Waals surface area contributed by atoms with Crippen LogP contribution in [0.3, 0.4) is 0 Å². The molecular formula is C28H26F3N7O2. The van der Waals surface area contributed by atoms with Crippen molar-refractivity contribution in [3.63, 3.8) is 0 Å². The van der Waals surface area contributed by atoms with E-state index in [0.29, 0.717) is 35.9 Å². The number of ether oxygens (including phenoxy) is 1. The number of aryl methyl sites for hydroxylation is 1. The maximum atomic E-state index is 13.9. The lowest BCUT2D eigenvalue weighted by atomic mass is 9.94. The smallest absolute Gasteiger partial charge is 0.257 e. The zero-order chi connectivity index (χ0) is 28.3. The van der Waals surface area contributed by atoms with Gasteiger partial charge in [-0.2, -0.15) is 5.10 Å². The van der Waals surface area contributed by atoms with Gasteiger partial charge in [-0.25, -0.2) is 32.8 Å². The van der Waals surface area contributed by atoms with Crippen molar-refractivity contribution in [3.8, 4) is 23.1 Å². The van der Waals surface area contributed by atoms with E-state index >= 15 is 0 Å². The third-order valence-electron chi connectivity index (χ3n) is 7.37. The zero-order valence-corrected chi connectivity index (χ0v) is 22.0. The SMILES string of the molecule is Cc1nn(-c2ncccn2)cc1C(=O)N1CC2C(C1)C2Oc1cc(C(C)(C)N)cc(-c2cc(F)c(F)c(F)c2)n1. The molecule has 40 heavy (non-hydrogen) atoms. The molecule has 2 atom stereocenters. The molecule has 9 nitrogen and oxygen atoms in total. The number of piperidine rings is 1. The van der Waals surface area contributed by atoms with Crippen molar-refractivity contribution in [2.75, 3.05) is 13.1 Å². The maximum absolute atomic E-state index is 13.9. The number of rotatable bonds is 6.